The normalized spacial score (nSPS) is 17.9. The number of hydrogen-bond donors (Lipinski definition) is 2. The third kappa shape index (κ3) is 3.73. The number of carbonyl (C=O) groups excluding carboxylic acids is 2. The number of amides is 2. The van der Waals surface area contributed by atoms with Crippen molar-refractivity contribution in [1.29, 1.82) is 0 Å². The highest BCUT2D eigenvalue weighted by Crippen LogP contribution is 2.46. The zero-order chi connectivity index (χ0) is 30.2. The molecule has 1 spiro atoms. The predicted octanol–water partition coefficient (Wildman–Crippen LogP) is 4.69. The Kier molecular flexibility index (Phi) is 5.57. The number of anilines is 1. The zero-order valence-corrected chi connectivity index (χ0v) is 23.8. The van der Waals surface area contributed by atoms with Crippen molar-refractivity contribution in [3.8, 4) is 11.1 Å². The van der Waals surface area contributed by atoms with E-state index in [4.69, 9.17) is 0 Å². The number of nitrogens with zero attached hydrogens (tertiary/aromatic N) is 4. The maximum Gasteiger partial charge on any atom is 0.269 e. The molecule has 2 N–H and O–H groups in total. The first kappa shape index (κ1) is 26.3. The molecule has 2 aliphatic heterocycles. The first-order chi connectivity index (χ1) is 21.3. The number of aromatic amines is 1. The largest absolute Gasteiger partial charge is 0.345 e. The molecule has 2 amide bonds. The number of nitrogens with one attached hydrogen (secondary N) is 2. The highest BCUT2D eigenvalue weighted by atomic mass is 32.2. The summed E-state index contributed by atoms with van der Waals surface area (Å²) in [6, 6.07) is 18.5. The average molecular weight is 607 g/mol. The Labute approximate surface area is 250 Å². The smallest absolute Gasteiger partial charge is 0.269 e. The molecule has 6 heterocycles. The molecule has 2 aliphatic rings. The predicted molar refractivity (Wildman–Crippen MR) is 161 cm³/mol. The quantitative estimate of drug-likeness (QED) is 0.300. The monoisotopic (exact) mass is 606 g/mol. The SMILES string of the molecule is O=C(c1c[nH]c2ncc(F)cc12)N1CCC2(C1)C(=O)Nc1ccc(-c3cn(S(=O)(=O)c4ccccc4)c4ncccc34)cc12. The summed E-state index contributed by atoms with van der Waals surface area (Å²) in [4.78, 5) is 40.2. The molecule has 1 fully saturated rings. The van der Waals surface area contributed by atoms with Crippen LogP contribution in [0.1, 0.15) is 22.3 Å². The van der Waals surface area contributed by atoms with Gasteiger partial charge in [0.05, 0.1) is 22.1 Å². The molecule has 0 radical (unpaired) electrons. The summed E-state index contributed by atoms with van der Waals surface area (Å²) in [6.45, 7) is 0.457. The van der Waals surface area contributed by atoms with E-state index < -0.39 is 21.3 Å². The van der Waals surface area contributed by atoms with Crippen LogP contribution in [0.4, 0.5) is 10.1 Å². The van der Waals surface area contributed by atoms with Crippen molar-refractivity contribution in [2.24, 2.45) is 0 Å². The molecule has 44 heavy (non-hydrogen) atoms. The fraction of sp³-hybridized carbons (Fsp3) is 0.125. The van der Waals surface area contributed by atoms with Crippen LogP contribution in [0.2, 0.25) is 0 Å². The summed E-state index contributed by atoms with van der Waals surface area (Å²) in [6.07, 6.45) is 6.10. The van der Waals surface area contributed by atoms with Gasteiger partial charge in [-0.05, 0) is 60.0 Å². The summed E-state index contributed by atoms with van der Waals surface area (Å²) in [7, 11) is -3.94. The molecule has 0 bridgehead atoms. The average Bonchev–Trinajstić information content (AvgIpc) is 3.82. The van der Waals surface area contributed by atoms with Crippen molar-refractivity contribution in [3.05, 3.63) is 108 Å². The van der Waals surface area contributed by atoms with Gasteiger partial charge in [-0.3, -0.25) is 9.59 Å². The lowest BCUT2D eigenvalue weighted by Crippen LogP contribution is -2.39. The van der Waals surface area contributed by atoms with E-state index in [2.05, 4.69) is 20.3 Å². The lowest BCUT2D eigenvalue weighted by atomic mass is 9.80. The Morgan fingerprint density at radius 2 is 1.84 bits per heavy atom. The van der Waals surface area contributed by atoms with Crippen LogP contribution in [0.3, 0.4) is 0 Å². The van der Waals surface area contributed by atoms with Gasteiger partial charge in [-0.2, -0.15) is 0 Å². The van der Waals surface area contributed by atoms with Gasteiger partial charge in [0.2, 0.25) is 5.91 Å². The summed E-state index contributed by atoms with van der Waals surface area (Å²) in [5, 5.41) is 3.99. The summed E-state index contributed by atoms with van der Waals surface area (Å²) >= 11 is 0. The van der Waals surface area contributed by atoms with E-state index in [9.17, 15) is 22.4 Å². The fourth-order valence-electron chi connectivity index (χ4n) is 6.44. The van der Waals surface area contributed by atoms with Crippen molar-refractivity contribution in [2.45, 2.75) is 16.7 Å². The second-order valence-corrected chi connectivity index (χ2v) is 12.9. The minimum Gasteiger partial charge on any atom is -0.345 e. The molecular formula is C32H23FN6O4S. The Bertz CT molecular complexity index is 2280. The molecular weight excluding hydrogens is 583 g/mol. The molecule has 1 unspecified atom stereocenters. The number of H-pyrrole nitrogens is 1. The van der Waals surface area contributed by atoms with E-state index in [1.54, 1.807) is 47.6 Å². The van der Waals surface area contributed by atoms with Crippen molar-refractivity contribution < 1.29 is 22.4 Å². The van der Waals surface area contributed by atoms with Gasteiger partial charge >= 0.3 is 0 Å². The molecule has 1 saturated heterocycles. The Balaban J connectivity index is 1.19. The summed E-state index contributed by atoms with van der Waals surface area (Å²) < 4.78 is 42.4. The molecule has 0 saturated carbocycles. The standard InChI is InChI=1S/C32H23FN6O4S/c33-20-14-23-24(16-36-28(23)35-15-20)30(40)38-12-10-32(18-38)26-13-19(8-9-27(26)37-31(32)41)25-17-39(29-22(25)7-4-11-34-29)44(42,43)21-5-2-1-3-6-21/h1-9,11,13-17H,10,12,18H2,(H,35,36)(H,37,41). The van der Waals surface area contributed by atoms with Gasteiger partial charge in [0.1, 0.15) is 11.5 Å². The topological polar surface area (TPSA) is 130 Å². The number of halogens is 1. The van der Waals surface area contributed by atoms with Crippen LogP contribution in [0.5, 0.6) is 0 Å². The zero-order valence-electron chi connectivity index (χ0n) is 23.0. The molecule has 6 aromatic rings. The number of aromatic nitrogens is 4. The maximum atomic E-state index is 13.9. The Hall–Kier alpha value is -5.36. The lowest BCUT2D eigenvalue weighted by molar-refractivity contribution is -0.120. The molecule has 218 valence electrons. The number of likely N-dealkylation sites (tertiary alicyclic amines) is 1. The van der Waals surface area contributed by atoms with Gasteiger partial charge in [0.15, 0.2) is 5.65 Å². The fourth-order valence-corrected chi connectivity index (χ4v) is 7.79. The summed E-state index contributed by atoms with van der Waals surface area (Å²) in [5.41, 5.74) is 2.72. The van der Waals surface area contributed by atoms with Crippen LogP contribution < -0.4 is 5.32 Å². The highest BCUT2D eigenvalue weighted by Gasteiger charge is 2.52. The van der Waals surface area contributed by atoms with E-state index >= 15 is 0 Å². The van der Waals surface area contributed by atoms with Gasteiger partial charge in [0.25, 0.3) is 15.9 Å². The van der Waals surface area contributed by atoms with E-state index in [1.807, 2.05) is 18.2 Å². The third-order valence-corrected chi connectivity index (χ3v) is 10.3. The number of benzene rings is 2. The van der Waals surface area contributed by atoms with Crippen molar-refractivity contribution in [1.82, 2.24) is 23.8 Å². The van der Waals surface area contributed by atoms with E-state index in [0.29, 0.717) is 46.2 Å². The minimum absolute atomic E-state index is 0.134. The number of rotatable bonds is 4. The van der Waals surface area contributed by atoms with Gasteiger partial charge in [-0.1, -0.05) is 24.3 Å². The lowest BCUT2D eigenvalue weighted by Gasteiger charge is -2.23. The van der Waals surface area contributed by atoms with Crippen LogP contribution >= 0.6 is 0 Å². The molecule has 12 heteroatoms. The molecule has 2 aromatic carbocycles. The molecule has 1 atom stereocenters. The molecule has 10 nitrogen and oxygen atoms in total. The minimum atomic E-state index is -3.94. The highest BCUT2D eigenvalue weighted by molar-refractivity contribution is 7.90. The van der Waals surface area contributed by atoms with Gasteiger partial charge in [-0.25, -0.2) is 26.7 Å². The van der Waals surface area contributed by atoms with Crippen LogP contribution in [0, 0.1) is 5.82 Å². The second-order valence-electron chi connectivity index (χ2n) is 11.1. The van der Waals surface area contributed by atoms with Crippen LogP contribution in [0.25, 0.3) is 33.2 Å². The van der Waals surface area contributed by atoms with Crippen molar-refractivity contribution in [3.63, 3.8) is 0 Å². The van der Waals surface area contributed by atoms with Crippen LogP contribution in [-0.4, -0.2) is 57.1 Å². The second kappa shape index (κ2) is 9.32. The molecule has 0 aliphatic carbocycles. The number of fused-ring (bicyclic) bond motifs is 4. The van der Waals surface area contributed by atoms with Crippen LogP contribution in [-0.2, 0) is 20.2 Å². The van der Waals surface area contributed by atoms with Gasteiger partial charge in [-0.15, -0.1) is 0 Å². The Morgan fingerprint density at radius 3 is 2.68 bits per heavy atom. The summed E-state index contributed by atoms with van der Waals surface area (Å²) in [5.74, 6) is -1.07. The van der Waals surface area contributed by atoms with Crippen molar-refractivity contribution in [2.75, 3.05) is 18.4 Å². The molecule has 8 rings (SSSR count). The van der Waals surface area contributed by atoms with Gasteiger partial charge in [0, 0.05) is 53.7 Å². The Morgan fingerprint density at radius 1 is 1.00 bits per heavy atom. The first-order valence-corrected chi connectivity index (χ1v) is 15.4. The van der Waals surface area contributed by atoms with E-state index in [-0.39, 0.29) is 34.5 Å². The number of carbonyl (C=O) groups is 2. The van der Waals surface area contributed by atoms with E-state index in [0.717, 1.165) is 11.8 Å². The number of pyridine rings is 2. The number of hydrogen-bond acceptors (Lipinski definition) is 6. The molecule has 4 aromatic heterocycles. The third-order valence-electron chi connectivity index (χ3n) is 8.65. The first-order valence-electron chi connectivity index (χ1n) is 13.9. The maximum absolute atomic E-state index is 13.9. The van der Waals surface area contributed by atoms with Gasteiger partial charge < -0.3 is 15.2 Å². The van der Waals surface area contributed by atoms with E-state index in [1.165, 1.54) is 28.4 Å². The van der Waals surface area contributed by atoms with Crippen molar-refractivity contribution >= 4 is 49.6 Å². The van der Waals surface area contributed by atoms with Crippen LogP contribution in [0.15, 0.2) is 96.4 Å².